The van der Waals surface area contributed by atoms with E-state index in [9.17, 15) is 0 Å². The molecule has 2 fully saturated rings. The molecule has 3 heteroatoms. The van der Waals surface area contributed by atoms with Gasteiger partial charge in [0, 0.05) is 32.8 Å². The number of nitrogens with one attached hydrogen (secondary N) is 1. The lowest BCUT2D eigenvalue weighted by molar-refractivity contribution is 0.131. The number of methoxy groups -OCH3 is 1. The third-order valence-electron chi connectivity index (χ3n) is 4.62. The Morgan fingerprint density at radius 1 is 1.33 bits per heavy atom. The molecule has 0 amide bonds. The highest BCUT2D eigenvalue weighted by Crippen LogP contribution is 2.49. The number of hydrogen-bond acceptors (Lipinski definition) is 3. The first-order valence-electron chi connectivity index (χ1n) is 7.58. The van der Waals surface area contributed by atoms with Crippen molar-refractivity contribution in [1.29, 1.82) is 0 Å². The van der Waals surface area contributed by atoms with Crippen LogP contribution < -0.4 is 5.32 Å². The van der Waals surface area contributed by atoms with Crippen molar-refractivity contribution in [1.82, 2.24) is 10.2 Å². The lowest BCUT2D eigenvalue weighted by atomic mass is 10.00. The molecular formula is C15H30N2O. The first-order chi connectivity index (χ1) is 8.63. The molecule has 2 atom stereocenters. The van der Waals surface area contributed by atoms with Crippen molar-refractivity contribution in [3.63, 3.8) is 0 Å². The van der Waals surface area contributed by atoms with E-state index in [0.29, 0.717) is 11.5 Å². The molecule has 18 heavy (non-hydrogen) atoms. The fraction of sp³-hybridized carbons (Fsp3) is 1.00. The number of hydrogen-bond donors (Lipinski definition) is 1. The molecule has 0 aromatic carbocycles. The van der Waals surface area contributed by atoms with Crippen molar-refractivity contribution in [2.45, 2.75) is 45.6 Å². The van der Waals surface area contributed by atoms with Crippen molar-refractivity contribution in [3.05, 3.63) is 0 Å². The molecule has 1 saturated carbocycles. The maximum absolute atomic E-state index is 5.26. The van der Waals surface area contributed by atoms with Crippen LogP contribution in [0.2, 0.25) is 0 Å². The highest BCUT2D eigenvalue weighted by molar-refractivity contribution is 4.96. The van der Waals surface area contributed by atoms with Crippen LogP contribution in [0.1, 0.15) is 39.5 Å². The van der Waals surface area contributed by atoms with E-state index in [2.05, 4.69) is 24.1 Å². The Bertz CT molecular complexity index is 253. The van der Waals surface area contributed by atoms with Crippen LogP contribution in [-0.2, 0) is 4.74 Å². The molecule has 2 rings (SSSR count). The van der Waals surface area contributed by atoms with Gasteiger partial charge in [-0.05, 0) is 57.0 Å². The van der Waals surface area contributed by atoms with Crippen LogP contribution in [0.3, 0.4) is 0 Å². The van der Waals surface area contributed by atoms with Gasteiger partial charge in [0.1, 0.15) is 0 Å². The predicted octanol–water partition coefficient (Wildman–Crippen LogP) is 2.12. The first kappa shape index (κ1) is 14.3. The Morgan fingerprint density at radius 2 is 2.11 bits per heavy atom. The van der Waals surface area contributed by atoms with Gasteiger partial charge >= 0.3 is 0 Å². The standard InChI is InChI=1S/C15H30N2O/c1-13-10-16-14(2)4-8-17(11-13)12-15(5-6-15)7-9-18-3/h13-14,16H,4-12H2,1-3H3. The van der Waals surface area contributed by atoms with E-state index >= 15 is 0 Å². The van der Waals surface area contributed by atoms with Crippen LogP contribution in [0, 0.1) is 11.3 Å². The van der Waals surface area contributed by atoms with Gasteiger partial charge < -0.3 is 15.0 Å². The molecule has 106 valence electrons. The van der Waals surface area contributed by atoms with Crippen LogP contribution >= 0.6 is 0 Å². The minimum absolute atomic E-state index is 0.603. The fourth-order valence-electron chi connectivity index (χ4n) is 3.08. The monoisotopic (exact) mass is 254 g/mol. The predicted molar refractivity (Wildman–Crippen MR) is 75.8 cm³/mol. The van der Waals surface area contributed by atoms with Crippen LogP contribution in [0.5, 0.6) is 0 Å². The molecule has 1 aliphatic heterocycles. The highest BCUT2D eigenvalue weighted by atomic mass is 16.5. The Hall–Kier alpha value is -0.120. The van der Waals surface area contributed by atoms with Crippen molar-refractivity contribution >= 4 is 0 Å². The molecule has 3 nitrogen and oxygen atoms in total. The van der Waals surface area contributed by atoms with Gasteiger partial charge in [0.25, 0.3) is 0 Å². The average Bonchev–Trinajstić information content (AvgIpc) is 3.10. The SMILES string of the molecule is COCCC1(CN2CCC(C)NCC(C)C2)CC1. The average molecular weight is 254 g/mol. The number of nitrogens with zero attached hydrogens (tertiary/aromatic N) is 1. The van der Waals surface area contributed by atoms with Gasteiger partial charge in [-0.25, -0.2) is 0 Å². The van der Waals surface area contributed by atoms with Gasteiger partial charge in [0.15, 0.2) is 0 Å². The summed E-state index contributed by atoms with van der Waals surface area (Å²) in [5.41, 5.74) is 0.603. The molecule has 1 aliphatic carbocycles. The second-order valence-corrected chi connectivity index (χ2v) is 6.68. The van der Waals surface area contributed by atoms with E-state index in [1.165, 1.54) is 51.9 Å². The zero-order valence-electron chi connectivity index (χ0n) is 12.4. The largest absolute Gasteiger partial charge is 0.385 e. The van der Waals surface area contributed by atoms with Gasteiger partial charge in [-0.2, -0.15) is 0 Å². The lowest BCUT2D eigenvalue weighted by Gasteiger charge is -2.33. The Labute approximate surface area is 112 Å². The van der Waals surface area contributed by atoms with Crippen molar-refractivity contribution in [2.24, 2.45) is 11.3 Å². The van der Waals surface area contributed by atoms with Crippen molar-refractivity contribution in [2.75, 3.05) is 39.9 Å². The summed E-state index contributed by atoms with van der Waals surface area (Å²) < 4.78 is 5.26. The highest BCUT2D eigenvalue weighted by Gasteiger charge is 2.43. The second kappa shape index (κ2) is 6.36. The van der Waals surface area contributed by atoms with E-state index in [1.54, 1.807) is 0 Å². The second-order valence-electron chi connectivity index (χ2n) is 6.68. The van der Waals surface area contributed by atoms with Gasteiger partial charge in [-0.15, -0.1) is 0 Å². The third-order valence-corrected chi connectivity index (χ3v) is 4.62. The molecule has 0 bridgehead atoms. The summed E-state index contributed by atoms with van der Waals surface area (Å²) in [6, 6.07) is 0.671. The number of rotatable bonds is 5. The summed E-state index contributed by atoms with van der Waals surface area (Å²) >= 11 is 0. The van der Waals surface area contributed by atoms with Crippen LogP contribution in [0.25, 0.3) is 0 Å². The topological polar surface area (TPSA) is 24.5 Å². The molecule has 1 heterocycles. The summed E-state index contributed by atoms with van der Waals surface area (Å²) in [6.07, 6.45) is 5.36. The maximum atomic E-state index is 5.26. The van der Waals surface area contributed by atoms with Crippen LogP contribution in [0.4, 0.5) is 0 Å². The third kappa shape index (κ3) is 4.22. The Kier molecular flexibility index (Phi) is 5.05. The van der Waals surface area contributed by atoms with Gasteiger partial charge in [-0.1, -0.05) is 6.92 Å². The van der Waals surface area contributed by atoms with Crippen molar-refractivity contribution in [3.8, 4) is 0 Å². The summed E-state index contributed by atoms with van der Waals surface area (Å²) in [4.78, 5) is 2.71. The van der Waals surface area contributed by atoms with E-state index in [1.807, 2.05) is 7.11 Å². The first-order valence-corrected chi connectivity index (χ1v) is 7.58. The van der Waals surface area contributed by atoms with Crippen LogP contribution in [0.15, 0.2) is 0 Å². The van der Waals surface area contributed by atoms with E-state index in [0.717, 1.165) is 12.5 Å². The maximum Gasteiger partial charge on any atom is 0.0468 e. The quantitative estimate of drug-likeness (QED) is 0.813. The minimum atomic E-state index is 0.603. The molecule has 0 aromatic rings. The summed E-state index contributed by atoms with van der Waals surface area (Å²) in [7, 11) is 1.82. The van der Waals surface area contributed by atoms with E-state index in [-0.39, 0.29) is 0 Å². The summed E-state index contributed by atoms with van der Waals surface area (Å²) in [6.45, 7) is 10.6. The smallest absolute Gasteiger partial charge is 0.0468 e. The zero-order chi connectivity index (χ0) is 13.0. The van der Waals surface area contributed by atoms with Gasteiger partial charge in [0.05, 0.1) is 0 Å². The molecule has 0 radical (unpaired) electrons. The molecule has 0 spiro atoms. The zero-order valence-corrected chi connectivity index (χ0v) is 12.4. The molecule has 2 unspecified atom stereocenters. The normalized spacial score (nSPS) is 32.8. The Morgan fingerprint density at radius 3 is 2.78 bits per heavy atom. The number of ether oxygens (including phenoxy) is 1. The molecule has 0 aromatic heterocycles. The van der Waals surface area contributed by atoms with Crippen LogP contribution in [-0.4, -0.2) is 50.8 Å². The molecular weight excluding hydrogens is 224 g/mol. The van der Waals surface area contributed by atoms with Gasteiger partial charge in [0.2, 0.25) is 0 Å². The summed E-state index contributed by atoms with van der Waals surface area (Å²) in [5, 5.41) is 3.62. The van der Waals surface area contributed by atoms with Crippen molar-refractivity contribution < 1.29 is 4.74 Å². The molecule has 1 saturated heterocycles. The minimum Gasteiger partial charge on any atom is -0.385 e. The van der Waals surface area contributed by atoms with Gasteiger partial charge in [-0.3, -0.25) is 0 Å². The lowest BCUT2D eigenvalue weighted by Crippen LogP contribution is -2.44. The van der Waals surface area contributed by atoms with E-state index < -0.39 is 0 Å². The molecule has 2 aliphatic rings. The van der Waals surface area contributed by atoms with E-state index in [4.69, 9.17) is 4.74 Å². The Balaban J connectivity index is 1.82. The summed E-state index contributed by atoms with van der Waals surface area (Å²) in [5.74, 6) is 0.769. The molecule has 1 N–H and O–H groups in total. The fourth-order valence-corrected chi connectivity index (χ4v) is 3.08.